The summed E-state index contributed by atoms with van der Waals surface area (Å²) < 4.78 is 13.5. The molecule has 1 aromatic carbocycles. The van der Waals surface area contributed by atoms with Gasteiger partial charge in [0.25, 0.3) is 0 Å². The Labute approximate surface area is 126 Å². The molecule has 2 rings (SSSR count). The molecule has 1 aliphatic rings. The van der Waals surface area contributed by atoms with Gasteiger partial charge in [-0.05, 0) is 54.7 Å². The molecular weight excluding hydrogens is 273 g/mol. The van der Waals surface area contributed by atoms with E-state index in [9.17, 15) is 4.39 Å². The van der Waals surface area contributed by atoms with Crippen molar-refractivity contribution in [1.82, 2.24) is 0 Å². The Hall–Kier alpha value is -0.600. The SMILES string of the molecule is CC(C)CC1(C(N)Cc2ccc(Cl)c(F)c2)CCCC1. The first-order valence-electron chi connectivity index (χ1n) is 7.62. The molecule has 0 spiro atoms. The van der Waals surface area contributed by atoms with Crippen molar-refractivity contribution < 1.29 is 4.39 Å². The molecule has 0 amide bonds. The number of hydrogen-bond acceptors (Lipinski definition) is 1. The average molecular weight is 298 g/mol. The summed E-state index contributed by atoms with van der Waals surface area (Å²) in [7, 11) is 0. The Morgan fingerprint density at radius 2 is 1.95 bits per heavy atom. The Morgan fingerprint density at radius 1 is 1.30 bits per heavy atom. The minimum Gasteiger partial charge on any atom is -0.327 e. The van der Waals surface area contributed by atoms with Crippen LogP contribution >= 0.6 is 11.6 Å². The van der Waals surface area contributed by atoms with Crippen LogP contribution in [0.1, 0.15) is 51.5 Å². The summed E-state index contributed by atoms with van der Waals surface area (Å²) in [6, 6.07) is 5.15. The molecule has 0 radical (unpaired) electrons. The van der Waals surface area contributed by atoms with Gasteiger partial charge in [-0.3, -0.25) is 0 Å². The van der Waals surface area contributed by atoms with E-state index >= 15 is 0 Å². The molecule has 1 atom stereocenters. The summed E-state index contributed by atoms with van der Waals surface area (Å²) in [6.45, 7) is 4.52. The van der Waals surface area contributed by atoms with Gasteiger partial charge in [0, 0.05) is 6.04 Å². The highest BCUT2D eigenvalue weighted by Crippen LogP contribution is 2.46. The van der Waals surface area contributed by atoms with Crippen LogP contribution in [-0.2, 0) is 6.42 Å². The second kappa shape index (κ2) is 6.44. The van der Waals surface area contributed by atoms with Crippen molar-refractivity contribution in [2.24, 2.45) is 17.1 Å². The van der Waals surface area contributed by atoms with Crippen LogP contribution in [-0.4, -0.2) is 6.04 Å². The van der Waals surface area contributed by atoms with Gasteiger partial charge in [-0.25, -0.2) is 4.39 Å². The fourth-order valence-electron chi connectivity index (χ4n) is 3.76. The maximum absolute atomic E-state index is 13.5. The van der Waals surface area contributed by atoms with E-state index in [1.807, 2.05) is 6.07 Å². The van der Waals surface area contributed by atoms with Crippen molar-refractivity contribution in [1.29, 1.82) is 0 Å². The molecule has 1 nitrogen and oxygen atoms in total. The zero-order valence-corrected chi connectivity index (χ0v) is 13.2. The molecule has 0 heterocycles. The molecule has 1 aliphatic carbocycles. The fraction of sp³-hybridized carbons (Fsp3) is 0.647. The van der Waals surface area contributed by atoms with Gasteiger partial charge in [0.1, 0.15) is 5.82 Å². The van der Waals surface area contributed by atoms with Crippen LogP contribution in [0.4, 0.5) is 4.39 Å². The number of benzene rings is 1. The van der Waals surface area contributed by atoms with Crippen LogP contribution < -0.4 is 5.73 Å². The first kappa shape index (κ1) is 15.8. The summed E-state index contributed by atoms with van der Waals surface area (Å²) in [5.41, 5.74) is 7.72. The predicted octanol–water partition coefficient (Wildman–Crippen LogP) is 4.96. The van der Waals surface area contributed by atoms with Crippen molar-refractivity contribution in [3.05, 3.63) is 34.6 Å². The van der Waals surface area contributed by atoms with E-state index in [4.69, 9.17) is 17.3 Å². The third kappa shape index (κ3) is 3.53. The molecule has 0 saturated heterocycles. The van der Waals surface area contributed by atoms with Gasteiger partial charge in [-0.15, -0.1) is 0 Å². The van der Waals surface area contributed by atoms with Gasteiger partial charge in [-0.1, -0.05) is 44.4 Å². The lowest BCUT2D eigenvalue weighted by atomic mass is 9.71. The molecule has 1 saturated carbocycles. The Balaban J connectivity index is 2.12. The third-order valence-electron chi connectivity index (χ3n) is 4.64. The third-order valence-corrected chi connectivity index (χ3v) is 4.95. The lowest BCUT2D eigenvalue weighted by Crippen LogP contribution is -2.42. The average Bonchev–Trinajstić information content (AvgIpc) is 2.83. The summed E-state index contributed by atoms with van der Waals surface area (Å²) in [4.78, 5) is 0. The Kier molecular flexibility index (Phi) is 5.09. The second-order valence-corrected chi connectivity index (χ2v) is 7.13. The summed E-state index contributed by atoms with van der Waals surface area (Å²) in [6.07, 6.45) is 6.88. The largest absolute Gasteiger partial charge is 0.327 e. The molecule has 20 heavy (non-hydrogen) atoms. The highest BCUT2D eigenvalue weighted by Gasteiger charge is 2.39. The fourth-order valence-corrected chi connectivity index (χ4v) is 3.87. The minimum absolute atomic E-state index is 0.105. The zero-order chi connectivity index (χ0) is 14.8. The second-order valence-electron chi connectivity index (χ2n) is 6.73. The number of nitrogens with two attached hydrogens (primary N) is 1. The van der Waals surface area contributed by atoms with Crippen LogP contribution in [0.25, 0.3) is 0 Å². The van der Waals surface area contributed by atoms with E-state index < -0.39 is 0 Å². The van der Waals surface area contributed by atoms with E-state index in [1.165, 1.54) is 38.2 Å². The quantitative estimate of drug-likeness (QED) is 0.817. The van der Waals surface area contributed by atoms with E-state index in [2.05, 4.69) is 13.8 Å². The molecule has 1 unspecified atom stereocenters. The van der Waals surface area contributed by atoms with Gasteiger partial charge in [0.15, 0.2) is 0 Å². The van der Waals surface area contributed by atoms with Crippen molar-refractivity contribution in [2.75, 3.05) is 0 Å². The highest BCUT2D eigenvalue weighted by molar-refractivity contribution is 6.30. The lowest BCUT2D eigenvalue weighted by Gasteiger charge is -2.37. The molecule has 0 aromatic heterocycles. The van der Waals surface area contributed by atoms with Crippen molar-refractivity contribution in [2.45, 2.75) is 58.4 Å². The topological polar surface area (TPSA) is 26.0 Å². The van der Waals surface area contributed by atoms with Crippen molar-refractivity contribution >= 4 is 11.6 Å². The monoisotopic (exact) mass is 297 g/mol. The molecule has 3 heteroatoms. The maximum Gasteiger partial charge on any atom is 0.142 e. The molecule has 1 aromatic rings. The van der Waals surface area contributed by atoms with E-state index in [-0.39, 0.29) is 22.3 Å². The van der Waals surface area contributed by atoms with Crippen LogP contribution in [0.2, 0.25) is 5.02 Å². The first-order valence-corrected chi connectivity index (χ1v) is 8.00. The molecular formula is C17H25ClFN. The van der Waals surface area contributed by atoms with Crippen LogP contribution in [0, 0.1) is 17.2 Å². The normalized spacial score (nSPS) is 19.5. The predicted molar refractivity (Wildman–Crippen MR) is 83.4 cm³/mol. The van der Waals surface area contributed by atoms with Gasteiger partial charge in [0.2, 0.25) is 0 Å². The van der Waals surface area contributed by atoms with E-state index in [0.717, 1.165) is 12.0 Å². The van der Waals surface area contributed by atoms with Gasteiger partial charge in [-0.2, -0.15) is 0 Å². The first-order chi connectivity index (χ1) is 9.43. The minimum atomic E-state index is -0.347. The maximum atomic E-state index is 13.5. The molecule has 1 fully saturated rings. The molecule has 112 valence electrons. The number of rotatable bonds is 5. The van der Waals surface area contributed by atoms with Gasteiger partial charge >= 0.3 is 0 Å². The highest BCUT2D eigenvalue weighted by atomic mass is 35.5. The summed E-state index contributed by atoms with van der Waals surface area (Å²) in [5, 5.41) is 0.181. The Morgan fingerprint density at radius 3 is 2.50 bits per heavy atom. The lowest BCUT2D eigenvalue weighted by molar-refractivity contribution is 0.181. The van der Waals surface area contributed by atoms with Crippen LogP contribution in [0.5, 0.6) is 0 Å². The molecule has 0 bridgehead atoms. The Bertz CT molecular complexity index is 452. The van der Waals surface area contributed by atoms with E-state index in [0.29, 0.717) is 5.92 Å². The number of halogens is 2. The van der Waals surface area contributed by atoms with E-state index in [1.54, 1.807) is 6.07 Å². The van der Waals surface area contributed by atoms with Gasteiger partial charge < -0.3 is 5.73 Å². The van der Waals surface area contributed by atoms with Crippen molar-refractivity contribution in [3.8, 4) is 0 Å². The van der Waals surface area contributed by atoms with Crippen LogP contribution in [0.15, 0.2) is 18.2 Å². The molecule has 2 N–H and O–H groups in total. The molecule has 0 aliphatic heterocycles. The summed E-state index contributed by atoms with van der Waals surface area (Å²) in [5.74, 6) is 0.307. The summed E-state index contributed by atoms with van der Waals surface area (Å²) >= 11 is 5.73. The number of hydrogen-bond donors (Lipinski definition) is 1. The van der Waals surface area contributed by atoms with Crippen LogP contribution in [0.3, 0.4) is 0 Å². The zero-order valence-electron chi connectivity index (χ0n) is 12.5. The smallest absolute Gasteiger partial charge is 0.142 e. The standard InChI is InChI=1S/C17H25ClFN/c1-12(2)11-17(7-3-4-8-17)16(20)10-13-5-6-14(18)15(19)9-13/h5-6,9,12,16H,3-4,7-8,10-11,20H2,1-2H3. The van der Waals surface area contributed by atoms with Crippen molar-refractivity contribution in [3.63, 3.8) is 0 Å². The van der Waals surface area contributed by atoms with Gasteiger partial charge in [0.05, 0.1) is 5.02 Å².